The van der Waals surface area contributed by atoms with Crippen LogP contribution in [0, 0.1) is 5.82 Å². The fourth-order valence-electron chi connectivity index (χ4n) is 3.49. The second-order valence-electron chi connectivity index (χ2n) is 7.22. The Morgan fingerprint density at radius 3 is 2.42 bits per heavy atom. The van der Waals surface area contributed by atoms with E-state index in [-0.39, 0.29) is 17.1 Å². The molecule has 31 heavy (non-hydrogen) atoms. The number of amides is 1. The Hall–Kier alpha value is -2.36. The Labute approximate surface area is 186 Å². The highest BCUT2D eigenvalue weighted by Gasteiger charge is 2.32. The molecule has 1 N–H and O–H groups in total. The fraction of sp³-hybridized carbons (Fsp3) is 0.381. The van der Waals surface area contributed by atoms with E-state index in [1.165, 1.54) is 12.1 Å². The van der Waals surface area contributed by atoms with Crippen LogP contribution in [0.3, 0.4) is 0 Å². The van der Waals surface area contributed by atoms with Crippen molar-refractivity contribution in [2.75, 3.05) is 47.1 Å². The van der Waals surface area contributed by atoms with E-state index >= 15 is 0 Å². The zero-order valence-electron chi connectivity index (χ0n) is 17.3. The number of anilines is 3. The lowest BCUT2D eigenvalue weighted by Crippen LogP contribution is -2.47. The van der Waals surface area contributed by atoms with Crippen LogP contribution in [0.15, 0.2) is 42.5 Å². The number of carbonyl (C=O) groups is 1. The molecule has 1 fully saturated rings. The minimum atomic E-state index is -3.84. The van der Waals surface area contributed by atoms with E-state index in [2.05, 4.69) is 10.2 Å². The van der Waals surface area contributed by atoms with Crippen molar-refractivity contribution in [2.45, 2.75) is 19.4 Å². The number of hydrogen-bond donors (Lipinski definition) is 1. The number of carbonyl (C=O) groups excluding carboxylic acids is 1. The van der Waals surface area contributed by atoms with E-state index in [4.69, 9.17) is 16.3 Å². The maximum Gasteiger partial charge on any atom is 0.248 e. The van der Waals surface area contributed by atoms with Gasteiger partial charge in [0.1, 0.15) is 11.9 Å². The molecule has 2 aromatic carbocycles. The second-order valence-corrected chi connectivity index (χ2v) is 9.48. The number of benzene rings is 2. The van der Waals surface area contributed by atoms with Crippen LogP contribution in [0.4, 0.5) is 21.5 Å². The van der Waals surface area contributed by atoms with Gasteiger partial charge in [-0.15, -0.1) is 0 Å². The van der Waals surface area contributed by atoms with Gasteiger partial charge >= 0.3 is 0 Å². The summed E-state index contributed by atoms with van der Waals surface area (Å²) < 4.78 is 44.9. The highest BCUT2D eigenvalue weighted by Crippen LogP contribution is 2.28. The molecular weight excluding hydrogens is 445 g/mol. The third-order valence-electron chi connectivity index (χ3n) is 5.00. The molecular formula is C21H25ClFN3O4S. The first-order valence-electron chi connectivity index (χ1n) is 9.88. The SMILES string of the molecule is CC[C@@H](C(=O)Nc1ccc(N2CCOCC2)cc1)N(c1ccc(F)c(Cl)c1)S(C)(=O)=O. The predicted molar refractivity (Wildman–Crippen MR) is 121 cm³/mol. The molecule has 1 aliphatic rings. The maximum atomic E-state index is 13.6. The van der Waals surface area contributed by atoms with E-state index in [9.17, 15) is 17.6 Å². The molecule has 7 nitrogen and oxygen atoms in total. The lowest BCUT2D eigenvalue weighted by molar-refractivity contribution is -0.117. The molecule has 10 heteroatoms. The first-order valence-corrected chi connectivity index (χ1v) is 12.1. The zero-order chi connectivity index (χ0) is 22.6. The number of rotatable bonds is 7. The summed E-state index contributed by atoms with van der Waals surface area (Å²) in [5, 5.41) is 2.55. The highest BCUT2D eigenvalue weighted by molar-refractivity contribution is 7.92. The maximum absolute atomic E-state index is 13.6. The van der Waals surface area contributed by atoms with Crippen LogP contribution in [0.5, 0.6) is 0 Å². The molecule has 1 amide bonds. The van der Waals surface area contributed by atoms with Gasteiger partial charge in [-0.3, -0.25) is 9.10 Å². The molecule has 0 bridgehead atoms. The van der Waals surface area contributed by atoms with Crippen LogP contribution < -0.4 is 14.5 Å². The summed E-state index contributed by atoms with van der Waals surface area (Å²) in [5.74, 6) is -1.16. The van der Waals surface area contributed by atoms with Crippen LogP contribution in [0.2, 0.25) is 5.02 Å². The third kappa shape index (κ3) is 5.66. The van der Waals surface area contributed by atoms with Gasteiger partial charge in [0.25, 0.3) is 0 Å². The van der Waals surface area contributed by atoms with Gasteiger partial charge in [-0.1, -0.05) is 18.5 Å². The number of morpholine rings is 1. The molecule has 1 atom stereocenters. The molecule has 0 unspecified atom stereocenters. The van der Waals surface area contributed by atoms with Crippen molar-refractivity contribution in [3.63, 3.8) is 0 Å². The zero-order valence-corrected chi connectivity index (χ0v) is 18.9. The third-order valence-corrected chi connectivity index (χ3v) is 6.47. The Balaban J connectivity index is 1.80. The van der Waals surface area contributed by atoms with Crippen molar-refractivity contribution in [3.8, 4) is 0 Å². The lowest BCUT2D eigenvalue weighted by atomic mass is 10.1. The largest absolute Gasteiger partial charge is 0.378 e. The van der Waals surface area contributed by atoms with Crippen molar-refractivity contribution in [1.82, 2.24) is 0 Å². The molecule has 0 aliphatic carbocycles. The van der Waals surface area contributed by atoms with Crippen molar-refractivity contribution >= 4 is 44.6 Å². The summed E-state index contributed by atoms with van der Waals surface area (Å²) in [4.78, 5) is 15.2. The number of hydrogen-bond acceptors (Lipinski definition) is 5. The van der Waals surface area contributed by atoms with Gasteiger partial charge in [0.15, 0.2) is 0 Å². The summed E-state index contributed by atoms with van der Waals surface area (Å²) in [6.07, 6.45) is 1.21. The summed E-state index contributed by atoms with van der Waals surface area (Å²) in [5.41, 5.74) is 1.69. The standard InChI is InChI=1S/C21H25ClFN3O4S/c1-3-20(26(31(2,28)29)17-8-9-19(23)18(22)14-17)21(27)24-15-4-6-16(7-5-15)25-10-12-30-13-11-25/h4-9,14,20H,3,10-13H2,1-2H3,(H,24,27)/t20-/m0/s1. The van der Waals surface area contributed by atoms with Gasteiger partial charge in [0, 0.05) is 24.5 Å². The normalized spacial score (nSPS) is 15.4. The summed E-state index contributed by atoms with van der Waals surface area (Å²) >= 11 is 5.84. The molecule has 3 rings (SSSR count). The fourth-order valence-corrected chi connectivity index (χ4v) is 4.86. The van der Waals surface area contributed by atoms with Gasteiger partial charge in [-0.2, -0.15) is 0 Å². The molecule has 1 saturated heterocycles. The second kappa shape index (κ2) is 9.84. The minimum absolute atomic E-state index is 0.124. The summed E-state index contributed by atoms with van der Waals surface area (Å²) in [6, 6.07) is 9.87. The topological polar surface area (TPSA) is 79.0 Å². The molecule has 0 aromatic heterocycles. The van der Waals surface area contributed by atoms with E-state index in [1.54, 1.807) is 19.1 Å². The average Bonchev–Trinajstić information content (AvgIpc) is 2.74. The molecule has 1 heterocycles. The van der Waals surface area contributed by atoms with Crippen LogP contribution in [0.1, 0.15) is 13.3 Å². The predicted octanol–water partition coefficient (Wildman–Crippen LogP) is 3.50. The van der Waals surface area contributed by atoms with Gasteiger partial charge < -0.3 is 15.0 Å². The lowest BCUT2D eigenvalue weighted by Gasteiger charge is -2.30. The van der Waals surface area contributed by atoms with Crippen LogP contribution in [0.25, 0.3) is 0 Å². The number of ether oxygens (including phenoxy) is 1. The molecule has 0 saturated carbocycles. The van der Waals surface area contributed by atoms with Crippen LogP contribution in [-0.2, 0) is 19.6 Å². The number of sulfonamides is 1. The van der Waals surface area contributed by atoms with E-state index in [0.717, 1.165) is 35.4 Å². The highest BCUT2D eigenvalue weighted by atomic mass is 35.5. The molecule has 0 radical (unpaired) electrons. The summed E-state index contributed by atoms with van der Waals surface area (Å²) in [6.45, 7) is 4.65. The Morgan fingerprint density at radius 1 is 1.23 bits per heavy atom. The van der Waals surface area contributed by atoms with Crippen molar-refractivity contribution in [2.24, 2.45) is 0 Å². The van der Waals surface area contributed by atoms with Crippen LogP contribution >= 0.6 is 11.6 Å². The quantitative estimate of drug-likeness (QED) is 0.671. The molecule has 2 aromatic rings. The van der Waals surface area contributed by atoms with Crippen molar-refractivity contribution in [3.05, 3.63) is 53.3 Å². The van der Waals surface area contributed by atoms with Crippen LogP contribution in [-0.4, -0.2) is 52.9 Å². The Bertz CT molecular complexity index is 1030. The van der Waals surface area contributed by atoms with Gasteiger partial charge in [-0.25, -0.2) is 12.8 Å². The molecule has 168 valence electrons. The minimum Gasteiger partial charge on any atom is -0.378 e. The number of nitrogens with one attached hydrogen (secondary N) is 1. The van der Waals surface area contributed by atoms with Crippen molar-refractivity contribution < 1.29 is 22.3 Å². The molecule has 0 spiro atoms. The Kier molecular flexibility index (Phi) is 7.40. The molecule has 1 aliphatic heterocycles. The average molecular weight is 470 g/mol. The van der Waals surface area contributed by atoms with E-state index in [0.29, 0.717) is 18.9 Å². The number of nitrogens with zero attached hydrogens (tertiary/aromatic N) is 2. The first-order chi connectivity index (χ1) is 14.7. The van der Waals surface area contributed by atoms with E-state index < -0.39 is 27.8 Å². The van der Waals surface area contributed by atoms with Gasteiger partial charge in [0.05, 0.1) is 30.2 Å². The monoisotopic (exact) mass is 469 g/mol. The van der Waals surface area contributed by atoms with Gasteiger partial charge in [-0.05, 0) is 48.9 Å². The summed E-state index contributed by atoms with van der Waals surface area (Å²) in [7, 11) is -3.84. The van der Waals surface area contributed by atoms with Crippen molar-refractivity contribution in [1.29, 1.82) is 0 Å². The Morgan fingerprint density at radius 2 is 1.87 bits per heavy atom. The van der Waals surface area contributed by atoms with E-state index in [1.807, 2.05) is 12.1 Å². The smallest absolute Gasteiger partial charge is 0.248 e. The van der Waals surface area contributed by atoms with Gasteiger partial charge in [0.2, 0.25) is 15.9 Å². The number of halogens is 2. The first kappa shape index (κ1) is 23.3.